The van der Waals surface area contributed by atoms with E-state index in [0.717, 1.165) is 67.6 Å². The molecule has 1 aromatic heterocycles. The molecule has 156 valence electrons. The number of amides is 1. The van der Waals surface area contributed by atoms with Crippen molar-refractivity contribution in [2.24, 2.45) is 5.92 Å². The number of likely N-dealkylation sites (tertiary alicyclic amines) is 2. The highest BCUT2D eigenvalue weighted by molar-refractivity contribution is 7.13. The van der Waals surface area contributed by atoms with E-state index in [0.29, 0.717) is 12.5 Å². The Morgan fingerprint density at radius 3 is 2.52 bits per heavy atom. The van der Waals surface area contributed by atoms with Gasteiger partial charge in [-0.25, -0.2) is 4.98 Å². The van der Waals surface area contributed by atoms with Crippen molar-refractivity contribution in [1.29, 1.82) is 0 Å². The number of rotatable bonds is 6. The van der Waals surface area contributed by atoms with Crippen LogP contribution in [-0.4, -0.2) is 53.5 Å². The largest absolute Gasteiger partial charge is 0.494 e. The molecular weight excluding hydrogens is 382 g/mol. The van der Waals surface area contributed by atoms with Gasteiger partial charge in [-0.05, 0) is 76.4 Å². The van der Waals surface area contributed by atoms with E-state index in [4.69, 9.17) is 9.72 Å². The second-order valence-corrected chi connectivity index (χ2v) is 8.90. The third-order valence-corrected chi connectivity index (χ3v) is 6.89. The molecule has 0 unspecified atom stereocenters. The Morgan fingerprint density at radius 1 is 1.10 bits per heavy atom. The summed E-state index contributed by atoms with van der Waals surface area (Å²) < 4.78 is 5.52. The van der Waals surface area contributed by atoms with E-state index in [2.05, 4.69) is 27.3 Å². The predicted octanol–water partition coefficient (Wildman–Crippen LogP) is 4.43. The van der Waals surface area contributed by atoms with Crippen LogP contribution in [-0.2, 0) is 11.3 Å². The molecule has 0 atom stereocenters. The molecule has 1 aromatic carbocycles. The first-order valence-electron chi connectivity index (χ1n) is 10.9. The Bertz CT molecular complexity index is 791. The van der Waals surface area contributed by atoms with Crippen LogP contribution < -0.4 is 4.74 Å². The number of carbonyl (C=O) groups is 1. The highest BCUT2D eigenvalue weighted by Gasteiger charge is 2.29. The fraction of sp³-hybridized carbons (Fsp3) is 0.565. The molecule has 2 aliphatic rings. The molecule has 0 bridgehead atoms. The molecule has 2 aromatic rings. The van der Waals surface area contributed by atoms with Gasteiger partial charge in [0.2, 0.25) is 5.91 Å². The van der Waals surface area contributed by atoms with Crippen LogP contribution in [0.25, 0.3) is 10.6 Å². The zero-order valence-corrected chi connectivity index (χ0v) is 18.1. The predicted molar refractivity (Wildman–Crippen MR) is 117 cm³/mol. The number of ether oxygens (including phenoxy) is 1. The van der Waals surface area contributed by atoms with Crippen molar-refractivity contribution in [3.63, 3.8) is 0 Å². The highest BCUT2D eigenvalue weighted by Crippen LogP contribution is 2.27. The molecule has 2 aliphatic heterocycles. The SMILES string of the molecule is CCOc1ccc(-c2nc(CN3CCC(C(=O)N4CCCCC4)CC3)cs2)cc1. The summed E-state index contributed by atoms with van der Waals surface area (Å²) in [6.07, 6.45) is 5.57. The first kappa shape index (κ1) is 20.4. The number of piperidine rings is 2. The molecule has 5 nitrogen and oxygen atoms in total. The average Bonchev–Trinajstić information content (AvgIpc) is 3.24. The van der Waals surface area contributed by atoms with Gasteiger partial charge in [-0.3, -0.25) is 9.69 Å². The van der Waals surface area contributed by atoms with Crippen LogP contribution in [0.15, 0.2) is 29.6 Å². The van der Waals surface area contributed by atoms with E-state index in [1.54, 1.807) is 11.3 Å². The van der Waals surface area contributed by atoms with Crippen LogP contribution in [0.1, 0.15) is 44.7 Å². The molecule has 0 spiro atoms. The van der Waals surface area contributed by atoms with Crippen molar-refractivity contribution in [3.8, 4) is 16.3 Å². The number of benzene rings is 1. The average molecular weight is 414 g/mol. The van der Waals surface area contributed by atoms with Crippen molar-refractivity contribution in [2.75, 3.05) is 32.8 Å². The third-order valence-electron chi connectivity index (χ3n) is 5.95. The maximum absolute atomic E-state index is 12.7. The number of nitrogens with zero attached hydrogens (tertiary/aromatic N) is 3. The van der Waals surface area contributed by atoms with Crippen molar-refractivity contribution < 1.29 is 9.53 Å². The Balaban J connectivity index is 1.28. The zero-order valence-electron chi connectivity index (χ0n) is 17.3. The van der Waals surface area contributed by atoms with Crippen LogP contribution in [0.2, 0.25) is 0 Å². The molecule has 2 saturated heterocycles. The van der Waals surface area contributed by atoms with E-state index in [1.807, 2.05) is 19.1 Å². The number of carbonyl (C=O) groups excluding carboxylic acids is 1. The van der Waals surface area contributed by atoms with E-state index < -0.39 is 0 Å². The maximum Gasteiger partial charge on any atom is 0.225 e. The van der Waals surface area contributed by atoms with Crippen LogP contribution in [0.3, 0.4) is 0 Å². The first-order valence-corrected chi connectivity index (χ1v) is 11.8. The van der Waals surface area contributed by atoms with Gasteiger partial charge in [0.25, 0.3) is 0 Å². The van der Waals surface area contributed by atoms with Gasteiger partial charge in [0.15, 0.2) is 0 Å². The fourth-order valence-electron chi connectivity index (χ4n) is 4.31. The van der Waals surface area contributed by atoms with Gasteiger partial charge >= 0.3 is 0 Å². The number of hydrogen-bond acceptors (Lipinski definition) is 5. The summed E-state index contributed by atoms with van der Waals surface area (Å²) in [6.45, 7) is 7.45. The van der Waals surface area contributed by atoms with E-state index >= 15 is 0 Å². The number of thiazole rings is 1. The van der Waals surface area contributed by atoms with Gasteiger partial charge in [-0.2, -0.15) is 0 Å². The molecule has 0 saturated carbocycles. The van der Waals surface area contributed by atoms with Crippen LogP contribution >= 0.6 is 11.3 Å². The quantitative estimate of drug-likeness (QED) is 0.703. The van der Waals surface area contributed by atoms with Crippen molar-refractivity contribution in [2.45, 2.75) is 45.6 Å². The minimum absolute atomic E-state index is 0.221. The van der Waals surface area contributed by atoms with E-state index in [1.165, 1.54) is 19.3 Å². The van der Waals surface area contributed by atoms with Crippen LogP contribution in [0.5, 0.6) is 5.75 Å². The topological polar surface area (TPSA) is 45.7 Å². The summed E-state index contributed by atoms with van der Waals surface area (Å²) in [5.41, 5.74) is 2.26. The summed E-state index contributed by atoms with van der Waals surface area (Å²) in [5.74, 6) is 1.52. The normalized spacial score (nSPS) is 18.7. The zero-order chi connectivity index (χ0) is 20.1. The lowest BCUT2D eigenvalue weighted by molar-refractivity contribution is -0.138. The Hall–Kier alpha value is -1.92. The van der Waals surface area contributed by atoms with Gasteiger partial charge in [-0.15, -0.1) is 11.3 Å². The standard InChI is InChI=1S/C23H31N3O2S/c1-2-28-21-8-6-18(7-9-21)22-24-20(17-29-22)16-25-14-10-19(11-15-25)23(27)26-12-4-3-5-13-26/h6-9,17,19H,2-5,10-16H2,1H3. The summed E-state index contributed by atoms with van der Waals surface area (Å²) in [6, 6.07) is 8.16. The third kappa shape index (κ3) is 5.17. The lowest BCUT2D eigenvalue weighted by Crippen LogP contribution is -2.44. The number of hydrogen-bond donors (Lipinski definition) is 0. The second kappa shape index (κ2) is 9.72. The maximum atomic E-state index is 12.7. The summed E-state index contributed by atoms with van der Waals surface area (Å²) in [7, 11) is 0. The highest BCUT2D eigenvalue weighted by atomic mass is 32.1. The van der Waals surface area contributed by atoms with Crippen molar-refractivity contribution in [1.82, 2.24) is 14.8 Å². The van der Waals surface area contributed by atoms with Gasteiger partial charge < -0.3 is 9.64 Å². The van der Waals surface area contributed by atoms with Gasteiger partial charge in [-0.1, -0.05) is 0 Å². The fourth-order valence-corrected chi connectivity index (χ4v) is 5.13. The van der Waals surface area contributed by atoms with Crippen LogP contribution in [0.4, 0.5) is 0 Å². The van der Waals surface area contributed by atoms with Gasteiger partial charge in [0, 0.05) is 36.5 Å². The van der Waals surface area contributed by atoms with Crippen molar-refractivity contribution in [3.05, 3.63) is 35.3 Å². The van der Waals surface area contributed by atoms with Gasteiger partial charge in [0.05, 0.1) is 12.3 Å². The minimum Gasteiger partial charge on any atom is -0.494 e. The summed E-state index contributed by atoms with van der Waals surface area (Å²) in [5, 5.41) is 3.22. The van der Waals surface area contributed by atoms with Crippen LogP contribution in [0, 0.1) is 5.92 Å². The molecular formula is C23H31N3O2S. The molecule has 0 aliphatic carbocycles. The molecule has 3 heterocycles. The van der Waals surface area contributed by atoms with Gasteiger partial charge in [0.1, 0.15) is 10.8 Å². The number of aromatic nitrogens is 1. The van der Waals surface area contributed by atoms with Crippen molar-refractivity contribution >= 4 is 17.2 Å². The molecule has 2 fully saturated rings. The molecule has 29 heavy (non-hydrogen) atoms. The summed E-state index contributed by atoms with van der Waals surface area (Å²) in [4.78, 5) is 22.1. The second-order valence-electron chi connectivity index (χ2n) is 8.04. The van der Waals surface area contributed by atoms with E-state index in [-0.39, 0.29) is 5.92 Å². The Morgan fingerprint density at radius 2 is 1.83 bits per heavy atom. The minimum atomic E-state index is 0.221. The smallest absolute Gasteiger partial charge is 0.225 e. The lowest BCUT2D eigenvalue weighted by atomic mass is 9.94. The summed E-state index contributed by atoms with van der Waals surface area (Å²) >= 11 is 1.70. The monoisotopic (exact) mass is 413 g/mol. The Kier molecular flexibility index (Phi) is 6.82. The molecule has 0 radical (unpaired) electrons. The Labute approximate surface area is 177 Å². The molecule has 0 N–H and O–H groups in total. The van der Waals surface area contributed by atoms with E-state index in [9.17, 15) is 4.79 Å². The molecule has 6 heteroatoms. The first-order chi connectivity index (χ1) is 14.2. The lowest BCUT2D eigenvalue weighted by Gasteiger charge is -2.35. The molecule has 4 rings (SSSR count). The molecule has 1 amide bonds.